The van der Waals surface area contributed by atoms with Crippen LogP contribution in [0.1, 0.15) is 6.92 Å². The van der Waals surface area contributed by atoms with Crippen molar-refractivity contribution >= 4 is 29.1 Å². The molecule has 1 heterocycles. The molecular formula is C19H19ClN4O2. The highest BCUT2D eigenvalue weighted by molar-refractivity contribution is 6.32. The Labute approximate surface area is 156 Å². The molecule has 3 N–H and O–H groups in total. The van der Waals surface area contributed by atoms with E-state index in [0.29, 0.717) is 28.9 Å². The first-order valence-electron chi connectivity index (χ1n) is 8.07. The molecule has 0 saturated heterocycles. The van der Waals surface area contributed by atoms with E-state index in [9.17, 15) is 0 Å². The third-order valence-corrected chi connectivity index (χ3v) is 3.92. The lowest BCUT2D eigenvalue weighted by molar-refractivity contribution is 0.340. The van der Waals surface area contributed by atoms with E-state index in [-0.39, 0.29) is 5.95 Å². The standard InChI is InChI=1S/C19H19ClN4O2/c1-3-26-14-7-4-12(5-8-14)16-11-18(24-19(21)23-16)22-13-6-9-17(25-2)15(20)10-13/h4-11H,3H2,1-2H3,(H3,21,22,23,24). The molecule has 0 fully saturated rings. The maximum absolute atomic E-state index is 6.16. The fourth-order valence-corrected chi connectivity index (χ4v) is 2.72. The van der Waals surface area contributed by atoms with Crippen LogP contribution in [-0.2, 0) is 0 Å². The summed E-state index contributed by atoms with van der Waals surface area (Å²) in [6.45, 7) is 2.57. The van der Waals surface area contributed by atoms with Crippen molar-refractivity contribution in [3.05, 3.63) is 53.6 Å². The van der Waals surface area contributed by atoms with Gasteiger partial charge in [0.1, 0.15) is 17.3 Å². The Morgan fingerprint density at radius 1 is 1.08 bits per heavy atom. The number of nitrogen functional groups attached to an aromatic ring is 1. The molecule has 3 rings (SSSR count). The first kappa shape index (κ1) is 17.8. The number of nitrogens with one attached hydrogen (secondary N) is 1. The smallest absolute Gasteiger partial charge is 0.222 e. The fraction of sp³-hybridized carbons (Fsp3) is 0.158. The minimum Gasteiger partial charge on any atom is -0.495 e. The molecule has 26 heavy (non-hydrogen) atoms. The predicted octanol–water partition coefficient (Wildman–Crippen LogP) is 4.53. The summed E-state index contributed by atoms with van der Waals surface area (Å²) in [4.78, 5) is 8.54. The molecule has 0 aliphatic heterocycles. The van der Waals surface area contributed by atoms with E-state index in [2.05, 4.69) is 15.3 Å². The van der Waals surface area contributed by atoms with E-state index in [1.807, 2.05) is 43.3 Å². The van der Waals surface area contributed by atoms with Gasteiger partial charge in [0.25, 0.3) is 0 Å². The van der Waals surface area contributed by atoms with Crippen LogP contribution < -0.4 is 20.5 Å². The minimum atomic E-state index is 0.179. The van der Waals surface area contributed by atoms with Crippen LogP contribution in [-0.4, -0.2) is 23.7 Å². The number of rotatable bonds is 6. The largest absolute Gasteiger partial charge is 0.495 e. The summed E-state index contributed by atoms with van der Waals surface area (Å²) in [7, 11) is 1.57. The van der Waals surface area contributed by atoms with Gasteiger partial charge >= 0.3 is 0 Å². The number of hydrogen-bond acceptors (Lipinski definition) is 6. The van der Waals surface area contributed by atoms with Crippen molar-refractivity contribution in [2.24, 2.45) is 0 Å². The second-order valence-corrected chi connectivity index (χ2v) is 5.84. The Morgan fingerprint density at radius 3 is 2.50 bits per heavy atom. The second-order valence-electron chi connectivity index (χ2n) is 5.43. The lowest BCUT2D eigenvalue weighted by atomic mass is 10.1. The van der Waals surface area contributed by atoms with Crippen molar-refractivity contribution in [3.63, 3.8) is 0 Å². The topological polar surface area (TPSA) is 82.3 Å². The Kier molecular flexibility index (Phi) is 5.43. The van der Waals surface area contributed by atoms with Gasteiger partial charge in [-0.3, -0.25) is 0 Å². The molecule has 0 aliphatic rings. The summed E-state index contributed by atoms with van der Waals surface area (Å²) < 4.78 is 10.6. The fourth-order valence-electron chi connectivity index (χ4n) is 2.46. The quantitative estimate of drug-likeness (QED) is 0.663. The van der Waals surface area contributed by atoms with Crippen LogP contribution in [0.3, 0.4) is 0 Å². The van der Waals surface area contributed by atoms with Crippen LogP contribution in [0.25, 0.3) is 11.3 Å². The van der Waals surface area contributed by atoms with E-state index in [0.717, 1.165) is 17.0 Å². The number of ether oxygens (including phenoxy) is 2. The Balaban J connectivity index is 1.86. The molecular weight excluding hydrogens is 352 g/mol. The minimum absolute atomic E-state index is 0.179. The number of anilines is 3. The van der Waals surface area contributed by atoms with Crippen LogP contribution in [0, 0.1) is 0 Å². The van der Waals surface area contributed by atoms with Crippen LogP contribution >= 0.6 is 11.6 Å². The maximum Gasteiger partial charge on any atom is 0.222 e. The van der Waals surface area contributed by atoms with Gasteiger partial charge in [0.2, 0.25) is 5.95 Å². The highest BCUT2D eigenvalue weighted by atomic mass is 35.5. The number of halogens is 1. The Morgan fingerprint density at radius 2 is 1.85 bits per heavy atom. The molecule has 0 bridgehead atoms. The maximum atomic E-state index is 6.16. The van der Waals surface area contributed by atoms with Gasteiger partial charge in [0.15, 0.2) is 0 Å². The van der Waals surface area contributed by atoms with E-state index < -0.39 is 0 Å². The number of nitrogens with zero attached hydrogens (tertiary/aromatic N) is 2. The molecule has 0 atom stereocenters. The molecule has 0 spiro atoms. The van der Waals surface area contributed by atoms with Crippen LogP contribution in [0.4, 0.5) is 17.5 Å². The van der Waals surface area contributed by atoms with E-state index in [4.69, 9.17) is 26.8 Å². The first-order chi connectivity index (χ1) is 12.6. The molecule has 0 saturated carbocycles. The third kappa shape index (κ3) is 4.15. The molecule has 0 amide bonds. The third-order valence-electron chi connectivity index (χ3n) is 3.63. The van der Waals surface area contributed by atoms with Gasteiger partial charge in [0.05, 0.1) is 24.4 Å². The SMILES string of the molecule is CCOc1ccc(-c2cc(Nc3ccc(OC)c(Cl)c3)nc(N)n2)cc1. The number of hydrogen-bond donors (Lipinski definition) is 2. The van der Waals surface area contributed by atoms with Crippen LogP contribution in [0.5, 0.6) is 11.5 Å². The normalized spacial score (nSPS) is 10.4. The van der Waals surface area contributed by atoms with Crippen molar-refractivity contribution in [2.75, 3.05) is 24.8 Å². The molecule has 6 nitrogen and oxygen atoms in total. The van der Waals surface area contributed by atoms with E-state index in [1.165, 1.54) is 0 Å². The zero-order valence-corrected chi connectivity index (χ0v) is 15.2. The summed E-state index contributed by atoms with van der Waals surface area (Å²) in [6, 6.07) is 14.9. The zero-order chi connectivity index (χ0) is 18.5. The van der Waals surface area contributed by atoms with Crippen molar-refractivity contribution in [3.8, 4) is 22.8 Å². The first-order valence-corrected chi connectivity index (χ1v) is 8.45. The summed E-state index contributed by atoms with van der Waals surface area (Å²) >= 11 is 6.16. The molecule has 1 aromatic heterocycles. The molecule has 0 radical (unpaired) electrons. The number of aromatic nitrogens is 2. The molecule has 0 aliphatic carbocycles. The Bertz CT molecular complexity index is 901. The summed E-state index contributed by atoms with van der Waals surface area (Å²) in [5.41, 5.74) is 8.27. The van der Waals surface area contributed by atoms with Crippen LogP contribution in [0.2, 0.25) is 5.02 Å². The van der Waals surface area contributed by atoms with E-state index >= 15 is 0 Å². The highest BCUT2D eigenvalue weighted by Gasteiger charge is 2.08. The molecule has 0 unspecified atom stereocenters. The van der Waals surface area contributed by atoms with Crippen molar-refractivity contribution in [1.82, 2.24) is 9.97 Å². The predicted molar refractivity (Wildman–Crippen MR) is 104 cm³/mol. The monoisotopic (exact) mass is 370 g/mol. The average Bonchev–Trinajstić information content (AvgIpc) is 2.62. The number of benzene rings is 2. The summed E-state index contributed by atoms with van der Waals surface area (Å²) in [6.07, 6.45) is 0. The van der Waals surface area contributed by atoms with Gasteiger partial charge in [-0.2, -0.15) is 4.98 Å². The van der Waals surface area contributed by atoms with Gasteiger partial charge < -0.3 is 20.5 Å². The second kappa shape index (κ2) is 7.93. The van der Waals surface area contributed by atoms with Gasteiger partial charge in [-0.15, -0.1) is 0 Å². The van der Waals surface area contributed by atoms with Gasteiger partial charge in [-0.25, -0.2) is 4.98 Å². The zero-order valence-electron chi connectivity index (χ0n) is 14.5. The molecule has 2 aromatic carbocycles. The number of nitrogens with two attached hydrogens (primary N) is 1. The molecule has 7 heteroatoms. The Hall–Kier alpha value is -2.99. The summed E-state index contributed by atoms with van der Waals surface area (Å²) in [5.74, 6) is 2.17. The van der Waals surface area contributed by atoms with Crippen molar-refractivity contribution in [1.29, 1.82) is 0 Å². The van der Waals surface area contributed by atoms with Gasteiger partial charge in [0, 0.05) is 17.3 Å². The lowest BCUT2D eigenvalue weighted by Gasteiger charge is -2.10. The molecule has 3 aromatic rings. The van der Waals surface area contributed by atoms with Crippen molar-refractivity contribution < 1.29 is 9.47 Å². The highest BCUT2D eigenvalue weighted by Crippen LogP contribution is 2.29. The lowest BCUT2D eigenvalue weighted by Crippen LogP contribution is -2.01. The van der Waals surface area contributed by atoms with Gasteiger partial charge in [-0.1, -0.05) is 11.6 Å². The van der Waals surface area contributed by atoms with Crippen molar-refractivity contribution in [2.45, 2.75) is 6.92 Å². The molecule has 134 valence electrons. The van der Waals surface area contributed by atoms with Gasteiger partial charge in [-0.05, 0) is 49.4 Å². The van der Waals surface area contributed by atoms with Crippen LogP contribution in [0.15, 0.2) is 48.5 Å². The number of methoxy groups -OCH3 is 1. The average molecular weight is 371 g/mol. The summed E-state index contributed by atoms with van der Waals surface area (Å²) in [5, 5.41) is 3.69. The van der Waals surface area contributed by atoms with E-state index in [1.54, 1.807) is 19.2 Å².